The Kier molecular flexibility index (Phi) is 7.14. The van der Waals surface area contributed by atoms with Crippen molar-refractivity contribution < 1.29 is 4.42 Å². The summed E-state index contributed by atoms with van der Waals surface area (Å²) in [7, 11) is 0. The summed E-state index contributed by atoms with van der Waals surface area (Å²) in [6.45, 7) is 0. The first-order chi connectivity index (χ1) is 25.7. The number of fused-ring (bicyclic) bond motifs is 4. The third-order valence-corrected chi connectivity index (χ3v) is 10.1. The molecule has 10 aromatic rings. The number of hydrogen-bond donors (Lipinski definition) is 0. The van der Waals surface area contributed by atoms with Gasteiger partial charge in [-0.15, -0.1) is 0 Å². The second-order valence-electron chi connectivity index (χ2n) is 13.2. The molecule has 0 radical (unpaired) electrons. The fraction of sp³-hybridized carbons (Fsp3) is 0. The van der Waals surface area contributed by atoms with Crippen LogP contribution in [0.15, 0.2) is 199 Å². The molecular weight excluding hydrogens is 633 g/mol. The van der Waals surface area contributed by atoms with Gasteiger partial charge in [0.15, 0.2) is 5.58 Å². The Hall–Kier alpha value is -6.97. The molecule has 3 nitrogen and oxygen atoms in total. The van der Waals surface area contributed by atoms with Gasteiger partial charge in [0.25, 0.3) is 0 Å². The SMILES string of the molecule is c1ccc(-c2ccc3c(c2)c2cc(-c4ccccc4)ccc2n3-c2ccc(-c3ccc(-c4ccc(-c5nc6ccccc6o5)cc4)cc3)cc2)cc1. The average Bonchev–Trinajstić information content (AvgIpc) is 3.81. The Labute approximate surface area is 301 Å². The predicted molar refractivity (Wildman–Crippen MR) is 216 cm³/mol. The second kappa shape index (κ2) is 12.4. The minimum atomic E-state index is 0.640. The lowest BCUT2D eigenvalue weighted by atomic mass is 9.99. The molecule has 0 N–H and O–H groups in total. The molecule has 0 spiro atoms. The van der Waals surface area contributed by atoms with E-state index in [9.17, 15) is 0 Å². The number of para-hydroxylation sites is 2. The summed E-state index contributed by atoms with van der Waals surface area (Å²) in [4.78, 5) is 4.64. The fourth-order valence-corrected chi connectivity index (χ4v) is 7.38. The van der Waals surface area contributed by atoms with E-state index in [0.717, 1.165) is 27.9 Å². The smallest absolute Gasteiger partial charge is 0.227 e. The lowest BCUT2D eigenvalue weighted by Gasteiger charge is -2.11. The van der Waals surface area contributed by atoms with Crippen molar-refractivity contribution in [3.63, 3.8) is 0 Å². The van der Waals surface area contributed by atoms with Crippen molar-refractivity contribution in [3.05, 3.63) is 194 Å². The molecule has 0 bridgehead atoms. The first kappa shape index (κ1) is 29.9. The average molecular weight is 665 g/mol. The van der Waals surface area contributed by atoms with E-state index >= 15 is 0 Å². The molecule has 10 rings (SSSR count). The molecule has 3 heteroatoms. The minimum absolute atomic E-state index is 0.640. The molecule has 0 aliphatic carbocycles. The van der Waals surface area contributed by atoms with E-state index in [1.54, 1.807) is 0 Å². The molecule has 0 fully saturated rings. The van der Waals surface area contributed by atoms with Gasteiger partial charge in [0.2, 0.25) is 5.89 Å². The van der Waals surface area contributed by atoms with Gasteiger partial charge in [-0.3, -0.25) is 0 Å². The van der Waals surface area contributed by atoms with E-state index in [2.05, 4.69) is 179 Å². The van der Waals surface area contributed by atoms with Crippen molar-refractivity contribution >= 4 is 32.9 Å². The van der Waals surface area contributed by atoms with E-state index in [-0.39, 0.29) is 0 Å². The van der Waals surface area contributed by atoms with Crippen LogP contribution in [0.2, 0.25) is 0 Å². The third-order valence-electron chi connectivity index (χ3n) is 10.1. The summed E-state index contributed by atoms with van der Waals surface area (Å²) in [6.07, 6.45) is 0. The van der Waals surface area contributed by atoms with Crippen LogP contribution in [0.1, 0.15) is 0 Å². The molecular formula is C49H32N2O. The number of nitrogens with zero attached hydrogens (tertiary/aromatic N) is 2. The van der Waals surface area contributed by atoms with Gasteiger partial charge in [0.05, 0.1) is 11.0 Å². The maximum absolute atomic E-state index is 5.97. The summed E-state index contributed by atoms with van der Waals surface area (Å²) < 4.78 is 8.36. The van der Waals surface area contributed by atoms with Crippen LogP contribution in [0.25, 0.3) is 94.6 Å². The summed E-state index contributed by atoms with van der Waals surface area (Å²) in [5.41, 5.74) is 15.7. The molecule has 0 aliphatic rings. The zero-order valence-corrected chi connectivity index (χ0v) is 28.3. The molecule has 0 saturated heterocycles. The summed E-state index contributed by atoms with van der Waals surface area (Å²) >= 11 is 0. The van der Waals surface area contributed by atoms with Gasteiger partial charge in [-0.05, 0) is 105 Å². The van der Waals surface area contributed by atoms with Crippen LogP contribution in [0.4, 0.5) is 0 Å². The van der Waals surface area contributed by atoms with Gasteiger partial charge in [0.1, 0.15) is 5.52 Å². The van der Waals surface area contributed by atoms with Crippen LogP contribution in [0.3, 0.4) is 0 Å². The van der Waals surface area contributed by atoms with Crippen molar-refractivity contribution in [2.24, 2.45) is 0 Å². The second-order valence-corrected chi connectivity index (χ2v) is 13.2. The van der Waals surface area contributed by atoms with Gasteiger partial charge >= 0.3 is 0 Å². The molecule has 0 atom stereocenters. The fourth-order valence-electron chi connectivity index (χ4n) is 7.38. The van der Waals surface area contributed by atoms with Crippen LogP contribution < -0.4 is 0 Å². The first-order valence-corrected chi connectivity index (χ1v) is 17.6. The summed E-state index contributed by atoms with van der Waals surface area (Å²) in [6, 6.07) is 69.0. The Bertz CT molecular complexity index is 2720. The Balaban J connectivity index is 0.973. The highest BCUT2D eigenvalue weighted by Crippen LogP contribution is 2.38. The topological polar surface area (TPSA) is 31.0 Å². The van der Waals surface area contributed by atoms with E-state index < -0.39 is 0 Å². The molecule has 2 aromatic heterocycles. The highest BCUT2D eigenvalue weighted by atomic mass is 16.3. The summed E-state index contributed by atoms with van der Waals surface area (Å²) in [5, 5.41) is 2.49. The van der Waals surface area contributed by atoms with Crippen LogP contribution in [-0.4, -0.2) is 9.55 Å². The molecule has 244 valence electrons. The number of rotatable bonds is 6. The quantitative estimate of drug-likeness (QED) is 0.177. The Morgan fingerprint density at radius 2 is 0.750 bits per heavy atom. The standard InChI is InChI=1S/C49H32N2O/c1-3-9-33(10-4-1)40-25-29-46-43(31-40)44-32-41(34-11-5-2-6-12-34)26-30-47(44)51(46)42-27-23-38(24-28-42)36-17-15-35(16-18-36)37-19-21-39(22-20-37)49-50-45-13-7-8-14-48(45)52-49/h1-32H. The third kappa shape index (κ3) is 5.28. The van der Waals surface area contributed by atoms with Crippen molar-refractivity contribution in [2.75, 3.05) is 0 Å². The Morgan fingerprint density at radius 1 is 0.346 bits per heavy atom. The maximum atomic E-state index is 5.97. The van der Waals surface area contributed by atoms with Crippen LogP contribution >= 0.6 is 0 Å². The zero-order chi connectivity index (χ0) is 34.4. The number of aromatic nitrogens is 2. The largest absolute Gasteiger partial charge is 0.436 e. The van der Waals surface area contributed by atoms with Gasteiger partial charge in [0, 0.05) is 22.0 Å². The van der Waals surface area contributed by atoms with E-state index in [0.29, 0.717) is 5.89 Å². The van der Waals surface area contributed by atoms with Crippen LogP contribution in [0.5, 0.6) is 0 Å². The molecule has 52 heavy (non-hydrogen) atoms. The Morgan fingerprint density at radius 3 is 1.25 bits per heavy atom. The molecule has 0 saturated carbocycles. The number of oxazole rings is 1. The molecule has 2 heterocycles. The molecule has 0 amide bonds. The molecule has 8 aromatic carbocycles. The number of benzene rings is 8. The zero-order valence-electron chi connectivity index (χ0n) is 28.3. The van der Waals surface area contributed by atoms with Crippen molar-refractivity contribution in [3.8, 4) is 61.6 Å². The van der Waals surface area contributed by atoms with E-state index in [1.807, 2.05) is 24.3 Å². The number of hydrogen-bond acceptors (Lipinski definition) is 2. The monoisotopic (exact) mass is 664 g/mol. The maximum Gasteiger partial charge on any atom is 0.227 e. The lowest BCUT2D eigenvalue weighted by molar-refractivity contribution is 0.620. The van der Waals surface area contributed by atoms with Crippen molar-refractivity contribution in [2.45, 2.75) is 0 Å². The predicted octanol–water partition coefficient (Wildman–Crippen LogP) is 13.3. The molecule has 0 unspecified atom stereocenters. The van der Waals surface area contributed by atoms with E-state index in [4.69, 9.17) is 4.42 Å². The lowest BCUT2D eigenvalue weighted by Crippen LogP contribution is -1.94. The highest BCUT2D eigenvalue weighted by molar-refractivity contribution is 6.11. The van der Waals surface area contributed by atoms with E-state index in [1.165, 1.54) is 60.8 Å². The van der Waals surface area contributed by atoms with Crippen LogP contribution in [-0.2, 0) is 0 Å². The minimum Gasteiger partial charge on any atom is -0.436 e. The van der Waals surface area contributed by atoms with Gasteiger partial charge in [-0.2, -0.15) is 0 Å². The highest BCUT2D eigenvalue weighted by Gasteiger charge is 2.15. The van der Waals surface area contributed by atoms with Gasteiger partial charge in [-0.1, -0.05) is 133 Å². The van der Waals surface area contributed by atoms with Gasteiger partial charge < -0.3 is 8.98 Å². The molecule has 0 aliphatic heterocycles. The summed E-state index contributed by atoms with van der Waals surface area (Å²) in [5.74, 6) is 0.640. The van der Waals surface area contributed by atoms with Crippen LogP contribution in [0, 0.1) is 0 Å². The first-order valence-electron chi connectivity index (χ1n) is 17.6. The van der Waals surface area contributed by atoms with Gasteiger partial charge in [-0.25, -0.2) is 4.98 Å². The normalized spacial score (nSPS) is 11.5. The van der Waals surface area contributed by atoms with Crippen molar-refractivity contribution in [1.82, 2.24) is 9.55 Å². The van der Waals surface area contributed by atoms with Crippen molar-refractivity contribution in [1.29, 1.82) is 0 Å².